The van der Waals surface area contributed by atoms with Crippen LogP contribution in [-0.4, -0.2) is 69.4 Å². The molecule has 0 aliphatic rings. The number of rotatable bonds is 50. The van der Waals surface area contributed by atoms with E-state index in [0.717, 1.165) is 89.9 Å². The molecule has 0 aromatic rings. The molecular formula is C59H107N2O7P. The van der Waals surface area contributed by atoms with Crippen LogP contribution in [0.5, 0.6) is 0 Å². The molecule has 0 radical (unpaired) electrons. The van der Waals surface area contributed by atoms with Crippen molar-refractivity contribution in [2.45, 2.75) is 251 Å². The van der Waals surface area contributed by atoms with Gasteiger partial charge in [-0.2, -0.15) is 0 Å². The molecule has 0 spiro atoms. The summed E-state index contributed by atoms with van der Waals surface area (Å²) in [5.41, 5.74) is 0. The third-order valence-electron chi connectivity index (χ3n) is 12.1. The molecule has 0 fully saturated rings. The van der Waals surface area contributed by atoms with Crippen molar-refractivity contribution >= 4 is 19.7 Å². The Labute approximate surface area is 425 Å². The number of unbranched alkanes of at least 4 members (excludes halogenated alkanes) is 25. The van der Waals surface area contributed by atoms with E-state index in [4.69, 9.17) is 13.8 Å². The van der Waals surface area contributed by atoms with Gasteiger partial charge in [0.1, 0.15) is 19.3 Å². The fourth-order valence-corrected chi connectivity index (χ4v) is 8.48. The molecule has 9 nitrogen and oxygen atoms in total. The minimum Gasteiger partial charge on any atom is -0.756 e. The second-order valence-electron chi connectivity index (χ2n) is 20.1. The molecule has 0 aliphatic heterocycles. The van der Waals surface area contributed by atoms with Crippen molar-refractivity contribution in [3.05, 3.63) is 72.9 Å². The van der Waals surface area contributed by atoms with E-state index in [2.05, 4.69) is 86.8 Å². The van der Waals surface area contributed by atoms with Crippen molar-refractivity contribution in [2.24, 2.45) is 0 Å². The van der Waals surface area contributed by atoms with Crippen LogP contribution in [0.15, 0.2) is 72.9 Å². The van der Waals surface area contributed by atoms with E-state index in [0.29, 0.717) is 23.9 Å². The number of nitrogens with one attached hydrogen (secondary N) is 1. The van der Waals surface area contributed by atoms with Crippen molar-refractivity contribution in [2.75, 3.05) is 40.9 Å². The van der Waals surface area contributed by atoms with Crippen LogP contribution in [0.1, 0.15) is 239 Å². The molecule has 0 rings (SSSR count). The van der Waals surface area contributed by atoms with Gasteiger partial charge in [0, 0.05) is 12.8 Å². The van der Waals surface area contributed by atoms with Gasteiger partial charge in [-0.25, -0.2) is 0 Å². The molecule has 0 saturated heterocycles. The van der Waals surface area contributed by atoms with Crippen LogP contribution in [0.4, 0.5) is 0 Å². The summed E-state index contributed by atoms with van der Waals surface area (Å²) < 4.78 is 30.2. The first-order valence-corrected chi connectivity index (χ1v) is 29.7. The van der Waals surface area contributed by atoms with Crippen LogP contribution < -0.4 is 10.2 Å². The van der Waals surface area contributed by atoms with Crippen LogP contribution in [0.3, 0.4) is 0 Å². The molecule has 10 heteroatoms. The smallest absolute Gasteiger partial charge is 0.306 e. The molecule has 0 aromatic carbocycles. The van der Waals surface area contributed by atoms with E-state index in [9.17, 15) is 19.0 Å². The fourth-order valence-electron chi connectivity index (χ4n) is 7.76. The van der Waals surface area contributed by atoms with E-state index in [1.165, 1.54) is 103 Å². The number of allylic oxidation sites excluding steroid dienone is 11. The largest absolute Gasteiger partial charge is 0.756 e. The summed E-state index contributed by atoms with van der Waals surface area (Å²) in [5, 5.41) is 3.00. The van der Waals surface area contributed by atoms with Gasteiger partial charge in [-0.15, -0.1) is 0 Å². The topological polar surface area (TPSA) is 114 Å². The second kappa shape index (κ2) is 49.0. The Morgan fingerprint density at radius 3 is 1.49 bits per heavy atom. The first-order chi connectivity index (χ1) is 33.4. The van der Waals surface area contributed by atoms with Crippen molar-refractivity contribution in [1.29, 1.82) is 0 Å². The highest BCUT2D eigenvalue weighted by Crippen LogP contribution is 2.38. The Bertz CT molecular complexity index is 1420. The lowest BCUT2D eigenvalue weighted by Gasteiger charge is -2.30. The zero-order valence-electron chi connectivity index (χ0n) is 45.5. The Morgan fingerprint density at radius 2 is 0.971 bits per heavy atom. The Morgan fingerprint density at radius 1 is 0.536 bits per heavy atom. The number of nitrogens with zero attached hydrogens (tertiary/aromatic N) is 1. The molecule has 1 amide bonds. The molecule has 0 saturated carbocycles. The lowest BCUT2D eigenvalue weighted by Crippen LogP contribution is -2.47. The SMILES string of the molecule is CC/C=C/C/C=C/C/C=C/CCCCCCC(=O)OC(/C=C/CCCCCCCCCCCCC)C(COP(=O)([O-])OCC[N+](C)(C)C)NC(=O)CCCCC/C=C/C=C/CCCCCCCCC. The van der Waals surface area contributed by atoms with Gasteiger partial charge in [-0.05, 0) is 89.5 Å². The van der Waals surface area contributed by atoms with Gasteiger partial charge in [0.25, 0.3) is 7.82 Å². The van der Waals surface area contributed by atoms with Crippen molar-refractivity contribution in [3.63, 3.8) is 0 Å². The molecule has 0 aliphatic carbocycles. The Balaban J connectivity index is 5.47. The third-order valence-corrected chi connectivity index (χ3v) is 13.1. The summed E-state index contributed by atoms with van der Waals surface area (Å²) in [4.78, 5) is 39.8. The average Bonchev–Trinajstić information content (AvgIpc) is 3.31. The number of ether oxygens (including phenoxy) is 1. The third kappa shape index (κ3) is 50.2. The lowest BCUT2D eigenvalue weighted by molar-refractivity contribution is -0.870. The zero-order chi connectivity index (χ0) is 50.8. The standard InChI is InChI=1S/C59H107N2O7P/c1-7-10-13-16-19-22-25-28-30-31-33-36-39-42-45-48-51-58(62)60-56(55-67-69(64,65)66-54-53-61(4,5)6)57(50-47-44-41-38-35-32-27-24-21-18-15-12-9-3)68-59(63)52-49-46-43-40-37-34-29-26-23-20-17-14-11-8-2/h11,14,20,23,29-31,33-34,36,47,50,56-57H,7-10,12-13,15-19,21-22,24-28,32,35,37-46,48-49,51-55H2,1-6H3,(H-,60,62,64,65)/b14-11+,23-20+,31-30+,34-29+,36-33+,50-47+. The maximum Gasteiger partial charge on any atom is 0.306 e. The highest BCUT2D eigenvalue weighted by Gasteiger charge is 2.27. The molecule has 0 bridgehead atoms. The Kier molecular flexibility index (Phi) is 47.2. The lowest BCUT2D eigenvalue weighted by atomic mass is 10.0. The van der Waals surface area contributed by atoms with Crippen LogP contribution in [0.25, 0.3) is 0 Å². The number of quaternary nitrogens is 1. The normalized spacial score (nSPS) is 14.4. The number of carbonyl (C=O) groups excluding carboxylic acids is 2. The number of esters is 1. The molecular weight excluding hydrogens is 880 g/mol. The van der Waals surface area contributed by atoms with Crippen LogP contribution >= 0.6 is 7.82 Å². The number of carbonyl (C=O) groups is 2. The number of hydrogen-bond donors (Lipinski definition) is 1. The van der Waals surface area contributed by atoms with Crippen molar-refractivity contribution in [1.82, 2.24) is 5.32 Å². The van der Waals surface area contributed by atoms with Crippen LogP contribution in [0.2, 0.25) is 0 Å². The fraction of sp³-hybridized carbons (Fsp3) is 0.763. The summed E-state index contributed by atoms with van der Waals surface area (Å²) in [6, 6.07) is -0.912. The maximum absolute atomic E-state index is 13.5. The quantitative estimate of drug-likeness (QED) is 0.0161. The van der Waals surface area contributed by atoms with Gasteiger partial charge in [0.2, 0.25) is 5.91 Å². The molecule has 3 unspecified atom stereocenters. The summed E-state index contributed by atoms with van der Waals surface area (Å²) >= 11 is 0. The summed E-state index contributed by atoms with van der Waals surface area (Å²) in [5.74, 6) is -0.600. The van der Waals surface area contributed by atoms with Crippen LogP contribution in [-0.2, 0) is 27.9 Å². The predicted octanol–water partition coefficient (Wildman–Crippen LogP) is 16.3. The van der Waals surface area contributed by atoms with E-state index in [1.807, 2.05) is 33.3 Å². The maximum atomic E-state index is 13.5. The molecule has 69 heavy (non-hydrogen) atoms. The van der Waals surface area contributed by atoms with Gasteiger partial charge >= 0.3 is 5.97 Å². The van der Waals surface area contributed by atoms with E-state index < -0.39 is 26.6 Å². The van der Waals surface area contributed by atoms with Gasteiger partial charge in [0.15, 0.2) is 0 Å². The van der Waals surface area contributed by atoms with Crippen molar-refractivity contribution < 1.29 is 37.3 Å². The zero-order valence-corrected chi connectivity index (χ0v) is 46.4. The molecule has 1 N–H and O–H groups in total. The predicted molar refractivity (Wildman–Crippen MR) is 293 cm³/mol. The number of phosphoric acid groups is 1. The highest BCUT2D eigenvalue weighted by atomic mass is 31.2. The summed E-state index contributed by atoms with van der Waals surface area (Å²) in [6.07, 6.45) is 61.5. The van der Waals surface area contributed by atoms with Gasteiger partial charge in [-0.3, -0.25) is 14.2 Å². The minimum atomic E-state index is -4.71. The summed E-state index contributed by atoms with van der Waals surface area (Å²) in [6.45, 7) is 6.68. The number of likely N-dealkylation sites (N-methyl/N-ethyl adjacent to an activating group) is 1. The Hall–Kier alpha value is -2.55. The number of hydrogen-bond acceptors (Lipinski definition) is 7. The van der Waals surface area contributed by atoms with Crippen molar-refractivity contribution in [3.8, 4) is 0 Å². The van der Waals surface area contributed by atoms with Crippen LogP contribution in [0, 0.1) is 0 Å². The minimum absolute atomic E-state index is 0.0336. The number of amides is 1. The number of phosphoric ester groups is 1. The molecule has 0 heterocycles. The van der Waals surface area contributed by atoms with Gasteiger partial charge in [-0.1, -0.05) is 210 Å². The molecule has 3 atom stereocenters. The average molecular weight is 987 g/mol. The first kappa shape index (κ1) is 66.5. The van der Waals surface area contributed by atoms with Gasteiger partial charge in [0.05, 0.1) is 33.8 Å². The molecule has 0 aromatic heterocycles. The van der Waals surface area contributed by atoms with E-state index >= 15 is 0 Å². The second-order valence-corrected chi connectivity index (χ2v) is 21.5. The van der Waals surface area contributed by atoms with E-state index in [-0.39, 0.29) is 31.3 Å². The van der Waals surface area contributed by atoms with E-state index in [1.54, 1.807) is 0 Å². The summed E-state index contributed by atoms with van der Waals surface area (Å²) in [7, 11) is 1.15. The highest BCUT2D eigenvalue weighted by molar-refractivity contribution is 7.45. The first-order valence-electron chi connectivity index (χ1n) is 28.3. The monoisotopic (exact) mass is 987 g/mol. The van der Waals surface area contributed by atoms with Gasteiger partial charge < -0.3 is 28.5 Å². The molecule has 400 valence electrons.